The molecule has 0 aliphatic carbocycles. The number of nitrogens with zero attached hydrogens (tertiary/aromatic N) is 4. The van der Waals surface area contributed by atoms with Crippen LogP contribution >= 0.6 is 11.8 Å². The number of para-hydroxylation sites is 1. The molecule has 2 aromatic carbocycles. The number of rotatable bonds is 8. The summed E-state index contributed by atoms with van der Waals surface area (Å²) < 4.78 is 1.77. The second-order valence-corrected chi connectivity index (χ2v) is 7.61. The zero-order valence-electron chi connectivity index (χ0n) is 17.1. The van der Waals surface area contributed by atoms with Crippen LogP contribution in [0.5, 0.6) is 0 Å². The van der Waals surface area contributed by atoms with Gasteiger partial charge in [-0.3, -0.25) is 14.9 Å². The van der Waals surface area contributed by atoms with Crippen molar-refractivity contribution < 1.29 is 9.72 Å². The summed E-state index contributed by atoms with van der Waals surface area (Å²) in [6.07, 6.45) is 1.69. The highest BCUT2D eigenvalue weighted by molar-refractivity contribution is 7.99. The first-order valence-electron chi connectivity index (χ1n) is 9.62. The molecule has 156 valence electrons. The Hall–Kier alpha value is -3.20. The minimum atomic E-state index is -0.443. The molecule has 8 nitrogen and oxygen atoms in total. The van der Waals surface area contributed by atoms with Crippen LogP contribution in [-0.4, -0.2) is 31.3 Å². The molecular weight excluding hydrogens is 402 g/mol. The predicted octanol–water partition coefficient (Wildman–Crippen LogP) is 4.25. The van der Waals surface area contributed by atoms with Gasteiger partial charge >= 0.3 is 0 Å². The molecule has 1 N–H and O–H groups in total. The number of thioether (sulfide) groups is 1. The number of carbonyl (C=O) groups excluding carboxylic acids is 1. The second kappa shape index (κ2) is 9.53. The maximum Gasteiger partial charge on any atom is 0.269 e. The minimum absolute atomic E-state index is 0.0194. The lowest BCUT2D eigenvalue weighted by atomic mass is 10.0. The predicted molar refractivity (Wildman–Crippen MR) is 118 cm³/mol. The lowest BCUT2D eigenvalue weighted by molar-refractivity contribution is -0.384. The van der Waals surface area contributed by atoms with Crippen molar-refractivity contribution in [3.63, 3.8) is 0 Å². The maximum absolute atomic E-state index is 12.6. The third-order valence-corrected chi connectivity index (χ3v) is 5.79. The molecule has 30 heavy (non-hydrogen) atoms. The molecule has 1 aromatic heterocycles. The largest absolute Gasteiger partial charge is 0.325 e. The Kier molecular flexibility index (Phi) is 6.83. The van der Waals surface area contributed by atoms with E-state index < -0.39 is 4.92 Å². The van der Waals surface area contributed by atoms with Gasteiger partial charge in [-0.25, -0.2) is 0 Å². The smallest absolute Gasteiger partial charge is 0.269 e. The molecule has 0 saturated heterocycles. The molecule has 0 aliphatic heterocycles. The monoisotopic (exact) mass is 425 g/mol. The van der Waals surface area contributed by atoms with E-state index in [-0.39, 0.29) is 17.3 Å². The van der Waals surface area contributed by atoms with Gasteiger partial charge < -0.3 is 9.88 Å². The topological polar surface area (TPSA) is 103 Å². The number of aromatic nitrogens is 3. The van der Waals surface area contributed by atoms with E-state index in [2.05, 4.69) is 29.4 Å². The Bertz CT molecular complexity index is 1040. The first-order valence-corrected chi connectivity index (χ1v) is 10.6. The summed E-state index contributed by atoms with van der Waals surface area (Å²) in [5.41, 5.74) is 3.87. The Morgan fingerprint density at radius 3 is 2.30 bits per heavy atom. The van der Waals surface area contributed by atoms with Crippen LogP contribution in [0, 0.1) is 10.1 Å². The molecule has 0 unspecified atom stereocenters. The summed E-state index contributed by atoms with van der Waals surface area (Å²) in [6, 6.07) is 12.2. The van der Waals surface area contributed by atoms with Gasteiger partial charge in [0.05, 0.1) is 10.7 Å². The Morgan fingerprint density at radius 1 is 1.10 bits per heavy atom. The molecule has 3 rings (SSSR count). The van der Waals surface area contributed by atoms with Crippen molar-refractivity contribution in [1.82, 2.24) is 14.8 Å². The summed E-state index contributed by atoms with van der Waals surface area (Å²) in [6.45, 7) is 4.14. The van der Waals surface area contributed by atoms with Gasteiger partial charge in [0, 0.05) is 30.4 Å². The van der Waals surface area contributed by atoms with E-state index in [1.165, 1.54) is 23.9 Å². The van der Waals surface area contributed by atoms with Gasteiger partial charge in [-0.2, -0.15) is 0 Å². The average Bonchev–Trinajstić information content (AvgIpc) is 3.12. The lowest BCUT2D eigenvalue weighted by Crippen LogP contribution is -2.17. The number of anilines is 1. The molecular formula is C21H23N5O3S. The molecule has 0 aliphatic rings. The van der Waals surface area contributed by atoms with Crippen LogP contribution in [0.1, 0.15) is 25.0 Å². The fraction of sp³-hybridized carbons (Fsp3) is 0.286. The summed E-state index contributed by atoms with van der Waals surface area (Å²) >= 11 is 1.29. The van der Waals surface area contributed by atoms with Gasteiger partial charge in [-0.05, 0) is 36.1 Å². The molecule has 0 bridgehead atoms. The number of nitro groups is 1. The average molecular weight is 426 g/mol. The number of benzene rings is 2. The number of hydrogen-bond acceptors (Lipinski definition) is 6. The standard InChI is InChI=1S/C21H23N5O3S/c1-4-14-7-6-8-15(5-2)19(14)22-18(27)13-30-21-24-23-20(25(21)3)16-9-11-17(12-10-16)26(28)29/h6-12H,4-5,13H2,1-3H3,(H,22,27). The lowest BCUT2D eigenvalue weighted by Gasteiger charge is -2.14. The molecule has 0 radical (unpaired) electrons. The first kappa shape index (κ1) is 21.5. The highest BCUT2D eigenvalue weighted by Crippen LogP contribution is 2.26. The van der Waals surface area contributed by atoms with Crippen molar-refractivity contribution >= 4 is 29.0 Å². The van der Waals surface area contributed by atoms with Gasteiger partial charge in [-0.1, -0.05) is 43.8 Å². The van der Waals surface area contributed by atoms with Crippen molar-refractivity contribution in [3.05, 3.63) is 63.7 Å². The van der Waals surface area contributed by atoms with Crippen molar-refractivity contribution in [2.75, 3.05) is 11.1 Å². The Balaban J connectivity index is 1.69. The van der Waals surface area contributed by atoms with Gasteiger partial charge in [0.25, 0.3) is 5.69 Å². The van der Waals surface area contributed by atoms with Crippen molar-refractivity contribution in [2.24, 2.45) is 7.05 Å². The second-order valence-electron chi connectivity index (χ2n) is 6.66. The quantitative estimate of drug-likeness (QED) is 0.329. The van der Waals surface area contributed by atoms with Crippen LogP contribution < -0.4 is 5.32 Å². The third kappa shape index (κ3) is 4.68. The normalized spacial score (nSPS) is 10.8. The molecule has 1 heterocycles. The van der Waals surface area contributed by atoms with Crippen LogP contribution in [0.25, 0.3) is 11.4 Å². The molecule has 0 spiro atoms. The highest BCUT2D eigenvalue weighted by atomic mass is 32.2. The number of carbonyl (C=O) groups is 1. The van der Waals surface area contributed by atoms with Gasteiger partial charge in [0.2, 0.25) is 5.91 Å². The Morgan fingerprint density at radius 2 is 1.73 bits per heavy atom. The summed E-state index contributed by atoms with van der Waals surface area (Å²) in [5.74, 6) is 0.681. The number of hydrogen-bond donors (Lipinski definition) is 1. The van der Waals surface area contributed by atoms with Crippen LogP contribution in [0.15, 0.2) is 47.6 Å². The van der Waals surface area contributed by atoms with Crippen LogP contribution in [0.3, 0.4) is 0 Å². The maximum atomic E-state index is 12.6. The van der Waals surface area contributed by atoms with Crippen LogP contribution in [0.2, 0.25) is 0 Å². The number of aryl methyl sites for hydroxylation is 2. The zero-order valence-corrected chi connectivity index (χ0v) is 17.9. The number of nitro benzene ring substituents is 1. The van der Waals surface area contributed by atoms with Gasteiger partial charge in [0.15, 0.2) is 11.0 Å². The van der Waals surface area contributed by atoms with Crippen LogP contribution in [0.4, 0.5) is 11.4 Å². The van der Waals surface area contributed by atoms with E-state index in [1.807, 2.05) is 18.2 Å². The van der Waals surface area contributed by atoms with Gasteiger partial charge in [-0.15, -0.1) is 10.2 Å². The third-order valence-electron chi connectivity index (χ3n) is 4.77. The molecule has 0 atom stereocenters. The molecule has 3 aromatic rings. The molecule has 1 amide bonds. The van der Waals surface area contributed by atoms with E-state index in [9.17, 15) is 14.9 Å². The highest BCUT2D eigenvalue weighted by Gasteiger charge is 2.15. The van der Waals surface area contributed by atoms with E-state index in [0.717, 1.165) is 35.2 Å². The Labute approximate surface area is 178 Å². The van der Waals surface area contributed by atoms with Crippen molar-refractivity contribution in [3.8, 4) is 11.4 Å². The SMILES string of the molecule is CCc1cccc(CC)c1NC(=O)CSc1nnc(-c2ccc([N+](=O)[O-])cc2)n1C. The number of non-ortho nitro benzene ring substituents is 1. The minimum Gasteiger partial charge on any atom is -0.325 e. The fourth-order valence-corrected chi connectivity index (χ4v) is 3.84. The van der Waals surface area contributed by atoms with Gasteiger partial charge in [0.1, 0.15) is 0 Å². The number of amides is 1. The van der Waals surface area contributed by atoms with E-state index in [0.29, 0.717) is 11.0 Å². The number of nitrogens with one attached hydrogen (secondary N) is 1. The summed E-state index contributed by atoms with van der Waals surface area (Å²) in [7, 11) is 1.80. The van der Waals surface area contributed by atoms with Crippen molar-refractivity contribution in [2.45, 2.75) is 31.8 Å². The van der Waals surface area contributed by atoms with E-state index in [4.69, 9.17) is 0 Å². The first-order chi connectivity index (χ1) is 14.4. The summed E-state index contributed by atoms with van der Waals surface area (Å²) in [4.78, 5) is 22.9. The molecule has 9 heteroatoms. The molecule has 0 fully saturated rings. The fourth-order valence-electron chi connectivity index (χ4n) is 3.13. The van der Waals surface area contributed by atoms with E-state index in [1.54, 1.807) is 23.7 Å². The van der Waals surface area contributed by atoms with Crippen LogP contribution in [-0.2, 0) is 24.7 Å². The van der Waals surface area contributed by atoms with Crippen molar-refractivity contribution in [1.29, 1.82) is 0 Å². The zero-order chi connectivity index (χ0) is 21.7. The van der Waals surface area contributed by atoms with E-state index >= 15 is 0 Å². The molecule has 0 saturated carbocycles. The summed E-state index contributed by atoms with van der Waals surface area (Å²) in [5, 5.41) is 22.8.